The summed E-state index contributed by atoms with van der Waals surface area (Å²) in [7, 11) is 0. The number of nitrogens with zero attached hydrogens (tertiary/aromatic N) is 2. The molecule has 1 heterocycles. The van der Waals surface area contributed by atoms with Crippen molar-refractivity contribution in [1.29, 1.82) is 0 Å². The molecule has 0 spiro atoms. The lowest BCUT2D eigenvalue weighted by Gasteiger charge is -2.37. The maximum Gasteiger partial charge on any atom is 0.0619 e. The first-order valence-corrected chi connectivity index (χ1v) is 26.6. The van der Waals surface area contributed by atoms with Crippen LogP contribution in [0, 0.1) is 0 Å². The van der Waals surface area contributed by atoms with Gasteiger partial charge in [0.05, 0.1) is 17.1 Å². The van der Waals surface area contributed by atoms with Crippen molar-refractivity contribution in [1.82, 2.24) is 4.57 Å². The van der Waals surface area contributed by atoms with Gasteiger partial charge in [-0.2, -0.15) is 0 Å². The van der Waals surface area contributed by atoms with E-state index in [0.717, 1.165) is 34.3 Å². The van der Waals surface area contributed by atoms with Crippen molar-refractivity contribution in [2.24, 2.45) is 0 Å². The maximum atomic E-state index is 4.57. The summed E-state index contributed by atoms with van der Waals surface area (Å²) in [4.78, 5) is 2.61. The van der Waals surface area contributed by atoms with Gasteiger partial charge in [-0.15, -0.1) is 0 Å². The molecule has 1 aromatic heterocycles. The molecule has 0 N–H and O–H groups in total. The first-order valence-electron chi connectivity index (χ1n) is 26.6. The predicted molar refractivity (Wildman–Crippen MR) is 320 cm³/mol. The lowest BCUT2D eigenvalue weighted by molar-refractivity contribution is 0.585. The molecule has 3 aliphatic carbocycles. The summed E-state index contributed by atoms with van der Waals surface area (Å²) in [5, 5.41) is 2.40. The van der Waals surface area contributed by atoms with Gasteiger partial charge in [-0.25, -0.2) is 0 Å². The largest absolute Gasteiger partial charge is 0.334 e. The van der Waals surface area contributed by atoms with E-state index in [9.17, 15) is 0 Å². The smallest absolute Gasteiger partial charge is 0.0619 e. The molecule has 0 saturated heterocycles. The molecule has 1 atom stereocenters. The fraction of sp³-hybridized carbons (Fsp3) is 0.123. The molecule has 0 fully saturated rings. The van der Waals surface area contributed by atoms with E-state index in [1.807, 2.05) is 13.0 Å². The molecule has 75 heavy (non-hydrogen) atoms. The van der Waals surface area contributed by atoms with E-state index in [4.69, 9.17) is 0 Å². The van der Waals surface area contributed by atoms with Crippen LogP contribution in [0.4, 0.5) is 11.4 Å². The van der Waals surface area contributed by atoms with E-state index in [2.05, 4.69) is 280 Å². The number of aromatic nitrogens is 1. The minimum Gasteiger partial charge on any atom is -0.334 e. The van der Waals surface area contributed by atoms with E-state index in [1.165, 1.54) is 100 Å². The number of anilines is 2. The molecule has 2 heteroatoms. The molecule has 0 radical (unpaired) electrons. The second-order valence-electron chi connectivity index (χ2n) is 21.7. The van der Waals surface area contributed by atoms with Crippen LogP contribution >= 0.6 is 0 Å². The van der Waals surface area contributed by atoms with Gasteiger partial charge in [0.25, 0.3) is 0 Å². The van der Waals surface area contributed by atoms with E-state index in [0.29, 0.717) is 0 Å². The monoisotopic (exact) mass is 964 g/mol. The molecule has 362 valence electrons. The Labute approximate surface area is 442 Å². The highest BCUT2D eigenvalue weighted by molar-refractivity contribution is 6.16. The van der Waals surface area contributed by atoms with Crippen LogP contribution in [0.3, 0.4) is 0 Å². The predicted octanol–water partition coefficient (Wildman–Crippen LogP) is 19.4. The van der Waals surface area contributed by atoms with Crippen molar-refractivity contribution >= 4 is 44.3 Å². The third kappa shape index (κ3) is 7.61. The van der Waals surface area contributed by atoms with Crippen molar-refractivity contribution in [3.05, 3.63) is 283 Å². The van der Waals surface area contributed by atoms with E-state index in [1.54, 1.807) is 0 Å². The van der Waals surface area contributed by atoms with Crippen LogP contribution in [0.25, 0.3) is 83.1 Å². The lowest BCUT2D eigenvalue weighted by Crippen LogP contribution is -2.33. The van der Waals surface area contributed by atoms with Gasteiger partial charge >= 0.3 is 0 Å². The van der Waals surface area contributed by atoms with Crippen LogP contribution < -0.4 is 4.90 Å². The number of rotatable bonds is 10. The fourth-order valence-electron chi connectivity index (χ4n) is 12.8. The molecular formula is C73H60N2. The Hall–Kier alpha value is -8.72. The highest BCUT2D eigenvalue weighted by atomic mass is 15.2. The van der Waals surface area contributed by atoms with Crippen LogP contribution in [0.5, 0.6) is 0 Å². The maximum absolute atomic E-state index is 4.57. The first-order chi connectivity index (χ1) is 36.6. The molecule has 1 unspecified atom stereocenters. The standard InChI is InChI=1S/C73H60N2/c1-7-8-11-21-48(2)54-44-63(51-24-14-10-15-25-51)71-65(45-54)64-43-53(49-22-12-9-13-23-49)34-41-70(64)75(71)55-35-32-50(33-36-55)52-26-20-27-56(42-52)74(57-37-39-61-59-28-16-18-30-66(59)72(3,4)68(61)46-57)58-38-40-62-60-29-17-19-31-67(60)73(5,6)69(62)47-58/h7-46,58H,2,47H2,1,3-6H3/b8-7-,21-11-. The van der Waals surface area contributed by atoms with Crippen LogP contribution in [0.2, 0.25) is 0 Å². The van der Waals surface area contributed by atoms with Gasteiger partial charge in [-0.05, 0) is 157 Å². The third-order valence-electron chi connectivity index (χ3n) is 16.7. The van der Waals surface area contributed by atoms with Gasteiger partial charge in [-0.3, -0.25) is 0 Å². The normalized spacial score (nSPS) is 15.9. The van der Waals surface area contributed by atoms with Crippen molar-refractivity contribution in [3.8, 4) is 50.2 Å². The van der Waals surface area contributed by atoms with Gasteiger partial charge in [0, 0.05) is 44.2 Å². The minimum absolute atomic E-state index is 0.0610. The van der Waals surface area contributed by atoms with Crippen LogP contribution in [0.1, 0.15) is 68.9 Å². The summed E-state index contributed by atoms with van der Waals surface area (Å²) in [6.07, 6.45) is 14.1. The van der Waals surface area contributed by atoms with Gasteiger partial charge in [0.15, 0.2) is 0 Å². The molecule has 0 bridgehead atoms. The summed E-state index contributed by atoms with van der Waals surface area (Å²) in [5.41, 5.74) is 26.0. The zero-order valence-electron chi connectivity index (χ0n) is 43.5. The summed E-state index contributed by atoms with van der Waals surface area (Å²) in [5.74, 6) is 0. The third-order valence-corrected chi connectivity index (χ3v) is 16.7. The molecule has 3 aliphatic rings. The van der Waals surface area contributed by atoms with E-state index in [-0.39, 0.29) is 16.9 Å². The topological polar surface area (TPSA) is 8.17 Å². The van der Waals surface area contributed by atoms with Crippen LogP contribution in [0.15, 0.2) is 255 Å². The Bertz CT molecular complexity index is 4040. The zero-order valence-corrected chi connectivity index (χ0v) is 43.5. The van der Waals surface area contributed by atoms with Crippen molar-refractivity contribution in [2.45, 2.75) is 57.9 Å². The fourth-order valence-corrected chi connectivity index (χ4v) is 12.8. The summed E-state index contributed by atoms with van der Waals surface area (Å²) in [6, 6.07) is 76.9. The number of hydrogen-bond acceptors (Lipinski definition) is 1. The molecule has 9 aromatic carbocycles. The Kier molecular flexibility index (Phi) is 11.1. The lowest BCUT2D eigenvalue weighted by atomic mass is 9.77. The molecule has 0 saturated carbocycles. The summed E-state index contributed by atoms with van der Waals surface area (Å²) >= 11 is 0. The molecule has 0 aliphatic heterocycles. The number of benzene rings is 9. The number of fused-ring (bicyclic) bond motifs is 8. The zero-order chi connectivity index (χ0) is 51.0. The van der Waals surface area contributed by atoms with Crippen molar-refractivity contribution < 1.29 is 0 Å². The molecule has 13 rings (SSSR count). The Morgan fingerprint density at radius 3 is 1.91 bits per heavy atom. The number of hydrogen-bond donors (Lipinski definition) is 0. The second kappa shape index (κ2) is 18.0. The molecule has 10 aromatic rings. The highest BCUT2D eigenvalue weighted by Gasteiger charge is 2.41. The van der Waals surface area contributed by atoms with Gasteiger partial charge in [0.1, 0.15) is 0 Å². The van der Waals surface area contributed by atoms with Crippen LogP contribution in [-0.2, 0) is 10.8 Å². The van der Waals surface area contributed by atoms with E-state index < -0.39 is 0 Å². The SMILES string of the molecule is C=C(/C=C\C=C/C)c1cc(-c2ccccc2)c2c(c1)c1cc(-c3ccccc3)ccc1n2-c1ccc(-c2cccc(N(c3ccc4c(c3)C(C)(C)c3ccccc3-4)C3C=CC4=C(C3)C(C)(C)c3ccccc34)c2)cc1. The quantitative estimate of drug-likeness (QED) is 0.124. The summed E-state index contributed by atoms with van der Waals surface area (Å²) < 4.78 is 2.47. The van der Waals surface area contributed by atoms with Crippen LogP contribution in [-0.4, -0.2) is 10.6 Å². The average Bonchev–Trinajstić information content (AvgIpc) is 4.00. The van der Waals surface area contributed by atoms with Gasteiger partial charge in [0.2, 0.25) is 0 Å². The van der Waals surface area contributed by atoms with Crippen molar-refractivity contribution in [2.75, 3.05) is 4.90 Å². The first kappa shape index (κ1) is 46.1. The van der Waals surface area contributed by atoms with Crippen molar-refractivity contribution in [3.63, 3.8) is 0 Å². The molecule has 2 nitrogen and oxygen atoms in total. The minimum atomic E-state index is -0.118. The highest BCUT2D eigenvalue weighted by Crippen LogP contribution is 2.54. The van der Waals surface area contributed by atoms with E-state index >= 15 is 0 Å². The Morgan fingerprint density at radius 1 is 0.520 bits per heavy atom. The van der Waals surface area contributed by atoms with Gasteiger partial charge < -0.3 is 9.47 Å². The summed E-state index contributed by atoms with van der Waals surface area (Å²) in [6.45, 7) is 16.2. The molecule has 0 amide bonds. The Morgan fingerprint density at radius 2 is 1.15 bits per heavy atom. The van der Waals surface area contributed by atoms with Gasteiger partial charge in [-0.1, -0.05) is 216 Å². The molecular weight excluding hydrogens is 905 g/mol. The number of allylic oxidation sites excluding steroid dienone is 7. The Balaban J connectivity index is 0.934. The second-order valence-corrected chi connectivity index (χ2v) is 21.7. The average molecular weight is 965 g/mol.